The molecule has 1 heterocycles. The molecule has 2 bridgehead atoms. The highest BCUT2D eigenvalue weighted by Crippen LogP contribution is 2.63. The van der Waals surface area contributed by atoms with Gasteiger partial charge in [-0.2, -0.15) is 0 Å². The second kappa shape index (κ2) is 5.96. The van der Waals surface area contributed by atoms with Crippen molar-refractivity contribution in [3.05, 3.63) is 23.3 Å². The van der Waals surface area contributed by atoms with Gasteiger partial charge in [-0.15, -0.1) is 0 Å². The molecular formula is C21H29NO4. The number of likely N-dealkylation sites (tertiary alicyclic amines) is 1. The van der Waals surface area contributed by atoms with E-state index in [4.69, 9.17) is 9.47 Å². The molecule has 4 atom stereocenters. The maximum Gasteiger partial charge on any atom is 0.161 e. The Morgan fingerprint density at radius 1 is 1.35 bits per heavy atom. The zero-order valence-corrected chi connectivity index (χ0v) is 16.2. The highest BCUT2D eigenvalue weighted by atomic mass is 16.5. The topological polar surface area (TPSA) is 59.0 Å². The number of benzene rings is 1. The molecule has 5 nitrogen and oxygen atoms in total. The van der Waals surface area contributed by atoms with Gasteiger partial charge in [-0.3, -0.25) is 4.79 Å². The first kappa shape index (κ1) is 17.8. The van der Waals surface area contributed by atoms with Crippen LogP contribution in [0.1, 0.15) is 44.2 Å². The number of Topliss-reactive ketones (excluding diaryl/α,β-unsaturated/α-hetero) is 1. The van der Waals surface area contributed by atoms with Crippen LogP contribution in [0, 0.1) is 5.92 Å². The number of carbonyl (C=O) groups excluding carboxylic acids is 1. The summed E-state index contributed by atoms with van der Waals surface area (Å²) in [5, 5.41) is 11.1. The van der Waals surface area contributed by atoms with Crippen molar-refractivity contribution < 1.29 is 19.4 Å². The van der Waals surface area contributed by atoms with E-state index in [9.17, 15) is 9.90 Å². The van der Waals surface area contributed by atoms with Gasteiger partial charge in [-0.25, -0.2) is 0 Å². The van der Waals surface area contributed by atoms with E-state index in [1.165, 1.54) is 0 Å². The van der Waals surface area contributed by atoms with Crippen molar-refractivity contribution in [3.63, 3.8) is 0 Å². The Hall–Kier alpha value is -1.59. The number of methoxy groups -OCH3 is 1. The van der Waals surface area contributed by atoms with Crippen molar-refractivity contribution in [2.45, 2.75) is 56.6 Å². The van der Waals surface area contributed by atoms with E-state index in [0.29, 0.717) is 18.8 Å². The second-order valence-corrected chi connectivity index (χ2v) is 8.08. The van der Waals surface area contributed by atoms with E-state index in [-0.39, 0.29) is 23.5 Å². The van der Waals surface area contributed by atoms with Gasteiger partial charge in [0, 0.05) is 36.0 Å². The minimum absolute atomic E-state index is 0.184. The minimum atomic E-state index is -0.498. The van der Waals surface area contributed by atoms with Crippen LogP contribution in [0.2, 0.25) is 0 Å². The van der Waals surface area contributed by atoms with Gasteiger partial charge >= 0.3 is 0 Å². The van der Waals surface area contributed by atoms with Crippen molar-refractivity contribution >= 4 is 5.78 Å². The van der Waals surface area contributed by atoms with Crippen molar-refractivity contribution in [3.8, 4) is 11.5 Å². The third kappa shape index (κ3) is 1.96. The van der Waals surface area contributed by atoms with Crippen molar-refractivity contribution in [2.75, 3.05) is 27.3 Å². The number of piperidine rings is 1. The summed E-state index contributed by atoms with van der Waals surface area (Å²) in [6.07, 6.45) is 2.90. The molecule has 1 saturated heterocycles. The number of hydrogen-bond donors (Lipinski definition) is 1. The van der Waals surface area contributed by atoms with Gasteiger partial charge < -0.3 is 19.5 Å². The lowest BCUT2D eigenvalue weighted by Gasteiger charge is -2.66. The Morgan fingerprint density at radius 2 is 2.12 bits per heavy atom. The number of ketones is 1. The molecule has 1 unspecified atom stereocenters. The highest BCUT2D eigenvalue weighted by Gasteiger charge is 2.69. The SMILES string of the molecule is CCO[C@@]12CCC(=O)[C@@H](C)[C@@]13CCN(C)C2Cc1ccc(OC)c(O)c13. The fraction of sp³-hybridized carbons (Fsp3) is 0.667. The average molecular weight is 359 g/mol. The van der Waals surface area contributed by atoms with Crippen LogP contribution in [-0.4, -0.2) is 54.7 Å². The van der Waals surface area contributed by atoms with E-state index in [2.05, 4.69) is 18.0 Å². The number of phenols is 1. The number of ether oxygens (including phenoxy) is 2. The molecule has 0 amide bonds. The molecule has 0 aromatic heterocycles. The second-order valence-electron chi connectivity index (χ2n) is 8.08. The maximum absolute atomic E-state index is 12.9. The maximum atomic E-state index is 12.9. The lowest BCUT2D eigenvalue weighted by atomic mass is 9.45. The molecule has 5 heteroatoms. The Labute approximate surface area is 155 Å². The van der Waals surface area contributed by atoms with Crippen LogP contribution in [0.4, 0.5) is 0 Å². The van der Waals surface area contributed by atoms with E-state index in [1.54, 1.807) is 7.11 Å². The number of nitrogens with zero attached hydrogens (tertiary/aromatic N) is 1. The standard InChI is InChI=1S/C21H29NO4/c1-5-26-21-9-8-15(23)13(2)20(21)10-11-22(3)17(21)12-14-6-7-16(25-4)19(24)18(14)20/h6-7,13,17,24H,5,8-12H2,1-4H3/t13-,17?,20-,21-/m1/s1. The molecule has 1 aromatic carbocycles. The molecule has 0 radical (unpaired) electrons. The lowest BCUT2D eigenvalue weighted by Crippen LogP contribution is -2.75. The molecule has 2 aliphatic carbocycles. The van der Waals surface area contributed by atoms with Crippen LogP contribution in [-0.2, 0) is 21.4 Å². The van der Waals surface area contributed by atoms with Crippen LogP contribution >= 0.6 is 0 Å². The molecule has 4 rings (SSSR count). The first-order chi connectivity index (χ1) is 12.4. The summed E-state index contributed by atoms with van der Waals surface area (Å²) >= 11 is 0. The molecule has 3 aliphatic rings. The zero-order valence-electron chi connectivity index (χ0n) is 16.2. The Bertz CT molecular complexity index is 748. The molecule has 1 aromatic rings. The first-order valence-corrected chi connectivity index (χ1v) is 9.69. The molecule has 1 saturated carbocycles. The van der Waals surface area contributed by atoms with Gasteiger partial charge in [0.2, 0.25) is 0 Å². The van der Waals surface area contributed by atoms with Gasteiger partial charge in [0.15, 0.2) is 11.5 Å². The number of phenolic OH excluding ortho intramolecular Hbond substituents is 1. The van der Waals surface area contributed by atoms with Gasteiger partial charge in [0.1, 0.15) is 5.78 Å². The number of rotatable bonds is 3. The van der Waals surface area contributed by atoms with Crippen LogP contribution in [0.25, 0.3) is 0 Å². The van der Waals surface area contributed by atoms with Crippen LogP contribution < -0.4 is 4.74 Å². The molecule has 1 N–H and O–H groups in total. The zero-order chi connectivity index (χ0) is 18.7. The summed E-state index contributed by atoms with van der Waals surface area (Å²) < 4.78 is 12.0. The molecule has 2 fully saturated rings. The largest absolute Gasteiger partial charge is 0.504 e. The molecule has 142 valence electrons. The first-order valence-electron chi connectivity index (χ1n) is 9.69. The Kier molecular flexibility index (Phi) is 4.08. The predicted octanol–water partition coefficient (Wildman–Crippen LogP) is 2.67. The minimum Gasteiger partial charge on any atom is -0.504 e. The fourth-order valence-corrected chi connectivity index (χ4v) is 6.23. The van der Waals surface area contributed by atoms with Gasteiger partial charge in [-0.05, 0) is 51.4 Å². The van der Waals surface area contributed by atoms with Gasteiger partial charge in [0.25, 0.3) is 0 Å². The third-order valence-electron chi connectivity index (χ3n) is 7.36. The van der Waals surface area contributed by atoms with Crippen LogP contribution in [0.15, 0.2) is 12.1 Å². The van der Waals surface area contributed by atoms with E-state index in [0.717, 1.165) is 36.9 Å². The third-order valence-corrected chi connectivity index (χ3v) is 7.36. The summed E-state index contributed by atoms with van der Waals surface area (Å²) in [6, 6.07) is 4.11. The van der Waals surface area contributed by atoms with E-state index < -0.39 is 11.0 Å². The normalized spacial score (nSPS) is 36.4. The van der Waals surface area contributed by atoms with Crippen LogP contribution in [0.5, 0.6) is 11.5 Å². The Balaban J connectivity index is 2.06. The number of hydrogen-bond acceptors (Lipinski definition) is 5. The quantitative estimate of drug-likeness (QED) is 0.899. The Morgan fingerprint density at radius 3 is 2.81 bits per heavy atom. The highest BCUT2D eigenvalue weighted by molar-refractivity contribution is 5.85. The predicted molar refractivity (Wildman–Crippen MR) is 98.8 cm³/mol. The molecule has 1 aliphatic heterocycles. The summed E-state index contributed by atoms with van der Waals surface area (Å²) in [5.41, 5.74) is 1.08. The number of aromatic hydroxyl groups is 1. The monoisotopic (exact) mass is 359 g/mol. The van der Waals surface area contributed by atoms with Crippen molar-refractivity contribution in [1.82, 2.24) is 4.90 Å². The van der Waals surface area contributed by atoms with Gasteiger partial charge in [0.05, 0.1) is 12.7 Å². The average Bonchev–Trinajstić information content (AvgIpc) is 2.62. The lowest BCUT2D eigenvalue weighted by molar-refractivity contribution is -0.207. The summed E-state index contributed by atoms with van der Waals surface area (Å²) in [6.45, 7) is 5.56. The molecule has 0 spiro atoms. The summed E-state index contributed by atoms with van der Waals surface area (Å²) in [7, 11) is 3.73. The summed E-state index contributed by atoms with van der Waals surface area (Å²) in [5.74, 6) is 0.763. The smallest absolute Gasteiger partial charge is 0.161 e. The molecular weight excluding hydrogens is 330 g/mol. The molecule has 26 heavy (non-hydrogen) atoms. The van der Waals surface area contributed by atoms with Crippen LogP contribution in [0.3, 0.4) is 0 Å². The van der Waals surface area contributed by atoms with Gasteiger partial charge in [-0.1, -0.05) is 13.0 Å². The van der Waals surface area contributed by atoms with Crippen molar-refractivity contribution in [2.24, 2.45) is 5.92 Å². The number of carbonyl (C=O) groups is 1. The number of likely N-dealkylation sites (N-methyl/N-ethyl adjacent to an activating group) is 1. The summed E-state index contributed by atoms with van der Waals surface area (Å²) in [4.78, 5) is 15.3. The van der Waals surface area contributed by atoms with E-state index >= 15 is 0 Å². The van der Waals surface area contributed by atoms with E-state index in [1.807, 2.05) is 19.9 Å². The van der Waals surface area contributed by atoms with Crippen molar-refractivity contribution in [1.29, 1.82) is 0 Å². The fourth-order valence-electron chi connectivity index (χ4n) is 6.23. The number of fused-ring (bicyclic) bond motifs is 1.